The summed E-state index contributed by atoms with van der Waals surface area (Å²) in [6.07, 6.45) is 0.992. The van der Waals surface area contributed by atoms with Crippen molar-refractivity contribution in [2.45, 2.75) is 18.9 Å². The topological polar surface area (TPSA) is 111 Å². The van der Waals surface area contributed by atoms with Crippen molar-refractivity contribution in [1.29, 1.82) is 0 Å². The Morgan fingerprint density at radius 3 is 2.88 bits per heavy atom. The number of nitrogens with zero attached hydrogens (tertiary/aromatic N) is 1. The number of hydrogen-bond donors (Lipinski definition) is 3. The van der Waals surface area contributed by atoms with E-state index in [9.17, 15) is 9.59 Å². The number of hydrazine groups is 1. The fraction of sp³-hybridized carbons (Fsp3) is 0.778. The molecule has 1 aliphatic rings. The molecule has 1 fully saturated rings. The van der Waals surface area contributed by atoms with Crippen LogP contribution < -0.4 is 17.0 Å². The summed E-state index contributed by atoms with van der Waals surface area (Å²) in [5, 5.41) is 0. The van der Waals surface area contributed by atoms with Gasteiger partial charge >= 0.3 is 0 Å². The first-order chi connectivity index (χ1) is 7.65. The molecule has 0 radical (unpaired) electrons. The van der Waals surface area contributed by atoms with Crippen molar-refractivity contribution in [3.63, 3.8) is 0 Å². The molecular formula is C9H18N4O3. The van der Waals surface area contributed by atoms with Crippen molar-refractivity contribution in [2.75, 3.05) is 26.3 Å². The van der Waals surface area contributed by atoms with Gasteiger partial charge in [-0.25, -0.2) is 5.84 Å². The average Bonchev–Trinajstić information content (AvgIpc) is 2.29. The summed E-state index contributed by atoms with van der Waals surface area (Å²) in [6, 6.07) is -0.380. The highest BCUT2D eigenvalue weighted by molar-refractivity contribution is 5.80. The Labute approximate surface area is 94.0 Å². The molecule has 7 heteroatoms. The maximum atomic E-state index is 11.1. The molecule has 0 aromatic heterocycles. The van der Waals surface area contributed by atoms with Crippen LogP contribution in [-0.2, 0) is 14.3 Å². The summed E-state index contributed by atoms with van der Waals surface area (Å²) in [7, 11) is 0. The Morgan fingerprint density at radius 1 is 1.50 bits per heavy atom. The van der Waals surface area contributed by atoms with Gasteiger partial charge in [0.05, 0.1) is 13.2 Å². The van der Waals surface area contributed by atoms with Gasteiger partial charge in [0.25, 0.3) is 0 Å². The summed E-state index contributed by atoms with van der Waals surface area (Å²) in [5.41, 5.74) is 7.32. The molecule has 7 nitrogen and oxygen atoms in total. The van der Waals surface area contributed by atoms with Gasteiger partial charge in [-0.1, -0.05) is 0 Å². The molecule has 0 saturated carbocycles. The minimum Gasteiger partial charge on any atom is -0.378 e. The lowest BCUT2D eigenvalue weighted by atomic mass is 10.2. The van der Waals surface area contributed by atoms with Crippen molar-refractivity contribution in [3.05, 3.63) is 0 Å². The Kier molecular flexibility index (Phi) is 5.17. The Morgan fingerprint density at radius 2 is 2.25 bits per heavy atom. The van der Waals surface area contributed by atoms with Crippen molar-refractivity contribution in [1.82, 2.24) is 10.3 Å². The summed E-state index contributed by atoms with van der Waals surface area (Å²) in [6.45, 7) is 2.23. The van der Waals surface area contributed by atoms with Gasteiger partial charge in [-0.05, 0) is 13.0 Å². The van der Waals surface area contributed by atoms with Crippen LogP contribution >= 0.6 is 0 Å². The first-order valence-corrected chi connectivity index (χ1v) is 5.25. The molecule has 1 atom stereocenters. The van der Waals surface area contributed by atoms with Crippen LogP contribution in [0, 0.1) is 0 Å². The molecular weight excluding hydrogens is 212 g/mol. The molecule has 92 valence electrons. The third kappa shape index (κ3) is 3.76. The lowest BCUT2D eigenvalue weighted by molar-refractivity contribution is -0.129. The van der Waals surface area contributed by atoms with E-state index in [1.54, 1.807) is 0 Å². The second-order valence-corrected chi connectivity index (χ2v) is 3.70. The number of rotatable bonds is 5. The van der Waals surface area contributed by atoms with E-state index in [4.69, 9.17) is 16.3 Å². The average molecular weight is 230 g/mol. The summed E-state index contributed by atoms with van der Waals surface area (Å²) in [4.78, 5) is 24.0. The number of ether oxygens (including phenoxy) is 1. The van der Waals surface area contributed by atoms with Crippen LogP contribution in [0.15, 0.2) is 0 Å². The number of carbonyl (C=O) groups excluding carboxylic acids is 2. The van der Waals surface area contributed by atoms with Crippen LogP contribution in [0.2, 0.25) is 0 Å². The van der Waals surface area contributed by atoms with Crippen molar-refractivity contribution in [2.24, 2.45) is 11.6 Å². The summed E-state index contributed by atoms with van der Waals surface area (Å²) in [5.74, 6) is 4.37. The molecule has 1 rings (SSSR count). The smallest absolute Gasteiger partial charge is 0.237 e. The Bertz CT molecular complexity index is 259. The van der Waals surface area contributed by atoms with E-state index in [2.05, 4.69) is 5.43 Å². The van der Waals surface area contributed by atoms with E-state index >= 15 is 0 Å². The molecule has 16 heavy (non-hydrogen) atoms. The van der Waals surface area contributed by atoms with Crippen LogP contribution in [-0.4, -0.2) is 49.1 Å². The zero-order valence-electron chi connectivity index (χ0n) is 9.15. The number of hydrogen-bond acceptors (Lipinski definition) is 5. The lowest BCUT2D eigenvalue weighted by Gasteiger charge is -2.33. The quantitative estimate of drug-likeness (QED) is 0.286. The van der Waals surface area contributed by atoms with Gasteiger partial charge < -0.3 is 10.5 Å². The fourth-order valence-electron chi connectivity index (χ4n) is 1.68. The molecule has 1 unspecified atom stereocenters. The molecule has 0 spiro atoms. The first-order valence-electron chi connectivity index (χ1n) is 5.25. The number of morpholine rings is 1. The third-order valence-corrected chi connectivity index (χ3v) is 2.58. The zero-order chi connectivity index (χ0) is 12.0. The van der Waals surface area contributed by atoms with Gasteiger partial charge in [-0.15, -0.1) is 0 Å². The normalized spacial score (nSPS) is 21.7. The standard InChI is InChI=1S/C9H18N4O3/c10-9(15)7-6-16-5-4-13(7)3-1-2-8(14)12-11/h7H,1-6,11H2,(H2,10,15)(H,12,14). The summed E-state index contributed by atoms with van der Waals surface area (Å²) < 4.78 is 5.18. The zero-order valence-corrected chi connectivity index (χ0v) is 9.15. The SMILES string of the molecule is NNC(=O)CCCN1CCOCC1C(N)=O. The highest BCUT2D eigenvalue weighted by Crippen LogP contribution is 2.07. The van der Waals surface area contributed by atoms with Crippen molar-refractivity contribution < 1.29 is 14.3 Å². The van der Waals surface area contributed by atoms with Gasteiger partial charge in [-0.2, -0.15) is 0 Å². The molecule has 0 aromatic carbocycles. The van der Waals surface area contributed by atoms with Gasteiger partial charge in [-0.3, -0.25) is 19.9 Å². The van der Waals surface area contributed by atoms with E-state index in [1.165, 1.54) is 0 Å². The number of nitrogens with one attached hydrogen (secondary N) is 1. The Balaban J connectivity index is 2.32. The molecule has 1 heterocycles. The number of nitrogens with two attached hydrogens (primary N) is 2. The fourth-order valence-corrected chi connectivity index (χ4v) is 1.68. The van der Waals surface area contributed by atoms with E-state index in [0.29, 0.717) is 39.1 Å². The molecule has 2 amide bonds. The molecule has 1 saturated heterocycles. The highest BCUT2D eigenvalue weighted by Gasteiger charge is 2.26. The second-order valence-electron chi connectivity index (χ2n) is 3.70. The van der Waals surface area contributed by atoms with E-state index < -0.39 is 0 Å². The van der Waals surface area contributed by atoms with Crippen LogP contribution in [0.4, 0.5) is 0 Å². The first kappa shape index (κ1) is 12.9. The minimum absolute atomic E-state index is 0.205. The molecule has 0 aromatic rings. The highest BCUT2D eigenvalue weighted by atomic mass is 16.5. The third-order valence-electron chi connectivity index (χ3n) is 2.58. The van der Waals surface area contributed by atoms with Gasteiger partial charge in [0, 0.05) is 13.0 Å². The van der Waals surface area contributed by atoms with Gasteiger partial charge in [0.1, 0.15) is 6.04 Å². The largest absolute Gasteiger partial charge is 0.378 e. The summed E-state index contributed by atoms with van der Waals surface area (Å²) >= 11 is 0. The molecule has 0 bridgehead atoms. The predicted octanol–water partition coefficient (Wildman–Crippen LogP) is -2.06. The monoisotopic (exact) mass is 230 g/mol. The van der Waals surface area contributed by atoms with Crippen LogP contribution in [0.3, 0.4) is 0 Å². The van der Waals surface area contributed by atoms with E-state index in [1.807, 2.05) is 4.90 Å². The second kappa shape index (κ2) is 6.41. The van der Waals surface area contributed by atoms with Crippen molar-refractivity contribution in [3.8, 4) is 0 Å². The lowest BCUT2D eigenvalue weighted by Crippen LogP contribution is -2.52. The van der Waals surface area contributed by atoms with Gasteiger partial charge in [0.2, 0.25) is 11.8 Å². The van der Waals surface area contributed by atoms with E-state index in [0.717, 1.165) is 0 Å². The maximum Gasteiger partial charge on any atom is 0.237 e. The minimum atomic E-state index is -0.386. The number of carbonyl (C=O) groups is 2. The van der Waals surface area contributed by atoms with Crippen LogP contribution in [0.1, 0.15) is 12.8 Å². The van der Waals surface area contributed by atoms with Crippen LogP contribution in [0.5, 0.6) is 0 Å². The molecule has 5 N–H and O–H groups in total. The maximum absolute atomic E-state index is 11.1. The van der Waals surface area contributed by atoms with Crippen molar-refractivity contribution >= 4 is 11.8 Å². The Hall–Kier alpha value is -1.18. The number of primary amides is 1. The molecule has 1 aliphatic heterocycles. The predicted molar refractivity (Wildman–Crippen MR) is 56.9 cm³/mol. The van der Waals surface area contributed by atoms with E-state index in [-0.39, 0.29) is 17.9 Å². The molecule has 0 aliphatic carbocycles. The van der Waals surface area contributed by atoms with Crippen LogP contribution in [0.25, 0.3) is 0 Å². The van der Waals surface area contributed by atoms with Gasteiger partial charge in [0.15, 0.2) is 0 Å². The number of amides is 2.